The molecule has 1 aliphatic heterocycles. The quantitative estimate of drug-likeness (QED) is 0.901. The minimum absolute atomic E-state index is 0.101. The first-order valence-electron chi connectivity index (χ1n) is 6.34. The van der Waals surface area contributed by atoms with Gasteiger partial charge in [0.05, 0.1) is 13.0 Å². The third kappa shape index (κ3) is 2.89. The van der Waals surface area contributed by atoms with Crippen LogP contribution in [0.4, 0.5) is 9.18 Å². The van der Waals surface area contributed by atoms with Crippen molar-refractivity contribution in [3.8, 4) is 0 Å². The number of hydrogen-bond acceptors (Lipinski definition) is 3. The summed E-state index contributed by atoms with van der Waals surface area (Å²) in [7, 11) is 1.27. The molecular weight excluding hydrogens is 265 g/mol. The van der Waals surface area contributed by atoms with E-state index in [2.05, 4.69) is 4.74 Å². The van der Waals surface area contributed by atoms with E-state index in [0.29, 0.717) is 13.0 Å². The van der Waals surface area contributed by atoms with Crippen molar-refractivity contribution in [2.24, 2.45) is 5.92 Å². The lowest BCUT2D eigenvalue weighted by molar-refractivity contribution is -0.144. The van der Waals surface area contributed by atoms with Crippen LogP contribution in [0.15, 0.2) is 24.3 Å². The molecule has 0 aromatic heterocycles. The van der Waals surface area contributed by atoms with Crippen molar-refractivity contribution in [1.29, 1.82) is 0 Å². The topological polar surface area (TPSA) is 66.8 Å². The van der Waals surface area contributed by atoms with Crippen molar-refractivity contribution in [3.63, 3.8) is 0 Å². The molecule has 0 saturated carbocycles. The van der Waals surface area contributed by atoms with E-state index in [1.54, 1.807) is 12.1 Å². The summed E-state index contributed by atoms with van der Waals surface area (Å²) in [4.78, 5) is 24.3. The maximum absolute atomic E-state index is 12.9. The molecule has 1 aromatic carbocycles. The zero-order chi connectivity index (χ0) is 14.7. The summed E-state index contributed by atoms with van der Waals surface area (Å²) in [5, 5.41) is 9.34. The fourth-order valence-corrected chi connectivity index (χ4v) is 2.61. The molecule has 1 N–H and O–H groups in total. The lowest BCUT2D eigenvalue weighted by Crippen LogP contribution is -2.45. The number of likely N-dealkylation sites (tertiary alicyclic amines) is 1. The third-order valence-corrected chi connectivity index (χ3v) is 3.66. The number of ether oxygens (including phenoxy) is 1. The normalized spacial score (nSPS) is 22.4. The Morgan fingerprint density at radius 3 is 2.55 bits per heavy atom. The highest BCUT2D eigenvalue weighted by Gasteiger charge is 2.37. The summed E-state index contributed by atoms with van der Waals surface area (Å²) in [6.07, 6.45) is -0.00802. The molecule has 2 atom stereocenters. The van der Waals surface area contributed by atoms with E-state index in [9.17, 15) is 19.1 Å². The summed E-state index contributed by atoms with van der Waals surface area (Å²) in [5.74, 6) is -2.26. The number of piperidine rings is 1. The van der Waals surface area contributed by atoms with Gasteiger partial charge in [0.2, 0.25) is 0 Å². The summed E-state index contributed by atoms with van der Waals surface area (Å²) < 4.78 is 17.6. The average molecular weight is 281 g/mol. The van der Waals surface area contributed by atoms with Crippen LogP contribution in [0.2, 0.25) is 0 Å². The van der Waals surface area contributed by atoms with Gasteiger partial charge in [-0.25, -0.2) is 9.18 Å². The van der Waals surface area contributed by atoms with Crippen LogP contribution in [0.25, 0.3) is 0 Å². The first-order valence-corrected chi connectivity index (χ1v) is 6.34. The molecule has 6 heteroatoms. The number of methoxy groups -OCH3 is 1. The molecule has 0 unspecified atom stereocenters. The van der Waals surface area contributed by atoms with Gasteiger partial charge < -0.3 is 14.7 Å². The van der Waals surface area contributed by atoms with E-state index < -0.39 is 18.0 Å². The zero-order valence-electron chi connectivity index (χ0n) is 11.1. The Morgan fingerprint density at radius 1 is 1.35 bits per heavy atom. The van der Waals surface area contributed by atoms with Gasteiger partial charge in [0, 0.05) is 19.0 Å². The van der Waals surface area contributed by atoms with E-state index in [-0.39, 0.29) is 18.3 Å². The molecule has 108 valence electrons. The minimum Gasteiger partial charge on any atom is -0.481 e. The minimum atomic E-state index is -0.965. The molecule has 1 aliphatic rings. The Kier molecular flexibility index (Phi) is 4.22. The highest BCUT2D eigenvalue weighted by atomic mass is 19.1. The number of amides is 1. The maximum Gasteiger partial charge on any atom is 0.409 e. The molecule has 20 heavy (non-hydrogen) atoms. The molecule has 0 spiro atoms. The van der Waals surface area contributed by atoms with Crippen LogP contribution >= 0.6 is 0 Å². The Labute approximate surface area is 116 Å². The first kappa shape index (κ1) is 14.3. The molecule has 1 heterocycles. The molecule has 1 saturated heterocycles. The smallest absolute Gasteiger partial charge is 0.409 e. The van der Waals surface area contributed by atoms with Crippen molar-refractivity contribution in [2.45, 2.75) is 12.3 Å². The Hall–Kier alpha value is -2.11. The molecule has 5 nitrogen and oxygen atoms in total. The van der Waals surface area contributed by atoms with E-state index in [1.807, 2.05) is 0 Å². The standard InChI is InChI=1S/C14H16FNO4/c1-20-14(19)16-7-6-11(12(8-16)13(17)18)9-2-4-10(15)5-3-9/h2-5,11-12H,6-8H2,1H3,(H,17,18)/t11-,12+/m1/s1. The molecule has 0 radical (unpaired) electrons. The van der Waals surface area contributed by atoms with Gasteiger partial charge in [-0.05, 0) is 24.1 Å². The Bertz CT molecular complexity index is 502. The number of aliphatic carboxylic acids is 1. The number of benzene rings is 1. The van der Waals surface area contributed by atoms with Crippen LogP contribution < -0.4 is 0 Å². The van der Waals surface area contributed by atoms with Gasteiger partial charge in [0.25, 0.3) is 0 Å². The average Bonchev–Trinajstić information content (AvgIpc) is 2.46. The highest BCUT2D eigenvalue weighted by Crippen LogP contribution is 2.33. The lowest BCUT2D eigenvalue weighted by atomic mass is 9.80. The van der Waals surface area contributed by atoms with Crippen LogP contribution in [0.1, 0.15) is 17.9 Å². The number of carboxylic acid groups (broad SMARTS) is 1. The van der Waals surface area contributed by atoms with Crippen LogP contribution in [0, 0.1) is 11.7 Å². The van der Waals surface area contributed by atoms with Gasteiger partial charge in [-0.15, -0.1) is 0 Å². The second-order valence-electron chi connectivity index (χ2n) is 4.81. The predicted octanol–water partition coefficient (Wildman–Crippen LogP) is 2.08. The number of carbonyl (C=O) groups is 2. The molecule has 1 aromatic rings. The summed E-state index contributed by atoms with van der Waals surface area (Å²) in [5.41, 5.74) is 0.781. The Balaban J connectivity index is 2.19. The van der Waals surface area contributed by atoms with E-state index in [0.717, 1.165) is 5.56 Å². The highest BCUT2D eigenvalue weighted by molar-refractivity contribution is 5.74. The molecule has 0 bridgehead atoms. The van der Waals surface area contributed by atoms with Gasteiger partial charge in [-0.3, -0.25) is 4.79 Å². The summed E-state index contributed by atoms with van der Waals surface area (Å²) in [6.45, 7) is 0.530. The van der Waals surface area contributed by atoms with Gasteiger partial charge >= 0.3 is 12.1 Å². The molecule has 0 aliphatic carbocycles. The van der Waals surface area contributed by atoms with Crippen molar-refractivity contribution in [3.05, 3.63) is 35.6 Å². The molecule has 1 fully saturated rings. The number of nitrogens with zero attached hydrogens (tertiary/aromatic N) is 1. The van der Waals surface area contributed by atoms with Crippen molar-refractivity contribution in [1.82, 2.24) is 4.90 Å². The molecule has 2 rings (SSSR count). The fourth-order valence-electron chi connectivity index (χ4n) is 2.61. The van der Waals surface area contributed by atoms with Crippen molar-refractivity contribution in [2.75, 3.05) is 20.2 Å². The van der Waals surface area contributed by atoms with Crippen molar-refractivity contribution >= 4 is 12.1 Å². The monoisotopic (exact) mass is 281 g/mol. The first-order chi connectivity index (χ1) is 9.52. The predicted molar refractivity (Wildman–Crippen MR) is 68.9 cm³/mol. The van der Waals surface area contributed by atoms with E-state index >= 15 is 0 Å². The van der Waals surface area contributed by atoms with E-state index in [1.165, 1.54) is 24.1 Å². The van der Waals surface area contributed by atoms with Gasteiger partial charge in [0.1, 0.15) is 5.82 Å². The second kappa shape index (κ2) is 5.90. The Morgan fingerprint density at radius 2 is 2.00 bits per heavy atom. The number of carbonyl (C=O) groups excluding carboxylic acids is 1. The van der Waals surface area contributed by atoms with Crippen LogP contribution in [-0.2, 0) is 9.53 Å². The fraction of sp³-hybridized carbons (Fsp3) is 0.429. The van der Waals surface area contributed by atoms with Gasteiger partial charge in [0.15, 0.2) is 0 Å². The summed E-state index contributed by atoms with van der Waals surface area (Å²) >= 11 is 0. The lowest BCUT2D eigenvalue weighted by Gasteiger charge is -2.35. The zero-order valence-corrected chi connectivity index (χ0v) is 11.1. The molecular formula is C14H16FNO4. The third-order valence-electron chi connectivity index (χ3n) is 3.66. The van der Waals surface area contributed by atoms with Crippen LogP contribution in [0.3, 0.4) is 0 Å². The number of halogens is 1. The van der Waals surface area contributed by atoms with Gasteiger partial charge in [-0.2, -0.15) is 0 Å². The van der Waals surface area contributed by atoms with Crippen LogP contribution in [-0.4, -0.2) is 42.3 Å². The largest absolute Gasteiger partial charge is 0.481 e. The second-order valence-corrected chi connectivity index (χ2v) is 4.81. The molecule has 1 amide bonds. The number of hydrogen-bond donors (Lipinski definition) is 1. The summed E-state index contributed by atoms with van der Waals surface area (Å²) in [6, 6.07) is 5.84. The van der Waals surface area contributed by atoms with Crippen LogP contribution in [0.5, 0.6) is 0 Å². The van der Waals surface area contributed by atoms with Gasteiger partial charge in [-0.1, -0.05) is 12.1 Å². The van der Waals surface area contributed by atoms with Crippen molar-refractivity contribution < 1.29 is 23.8 Å². The maximum atomic E-state index is 12.9. The van der Waals surface area contributed by atoms with E-state index in [4.69, 9.17) is 0 Å². The number of carboxylic acids is 1. The number of rotatable bonds is 2. The SMILES string of the molecule is COC(=O)N1CC[C@H](c2ccc(F)cc2)[C@@H](C(=O)O)C1.